The summed E-state index contributed by atoms with van der Waals surface area (Å²) in [5.41, 5.74) is 0.475. The van der Waals surface area contributed by atoms with Crippen molar-refractivity contribution < 1.29 is 27.7 Å². The number of rotatable bonds is 16. The van der Waals surface area contributed by atoms with E-state index in [0.717, 1.165) is 19.3 Å². The molecule has 2 atom stereocenters. The van der Waals surface area contributed by atoms with Crippen molar-refractivity contribution in [2.45, 2.75) is 104 Å². The largest absolute Gasteiger partial charge is 0.529 e. The Labute approximate surface area is 182 Å². The minimum atomic E-state index is -3.67. The Hall–Kier alpha value is -0.840. The van der Waals surface area contributed by atoms with Gasteiger partial charge in [0, 0.05) is 6.42 Å². The molecule has 7 heteroatoms. The fourth-order valence-electron chi connectivity index (χ4n) is 3.96. The smallest absolute Gasteiger partial charge is 0.461 e. The number of carbonyl (C=O) groups is 1. The Bertz CT molecular complexity index is 588. The third-order valence-corrected chi connectivity index (χ3v) is 7.13. The van der Waals surface area contributed by atoms with Crippen LogP contribution in [0.1, 0.15) is 104 Å². The first-order valence-electron chi connectivity index (χ1n) is 12.1. The van der Waals surface area contributed by atoms with Gasteiger partial charge in [0.2, 0.25) is 0 Å². The van der Waals surface area contributed by atoms with E-state index in [9.17, 15) is 9.36 Å². The number of carbonyl (C=O) groups excluding carboxylic acids is 1. The van der Waals surface area contributed by atoms with Gasteiger partial charge in [0.1, 0.15) is 12.4 Å². The third kappa shape index (κ3) is 8.72. The van der Waals surface area contributed by atoms with Gasteiger partial charge in [0.15, 0.2) is 0 Å². The van der Waals surface area contributed by atoms with Gasteiger partial charge >= 0.3 is 13.8 Å². The first-order valence-corrected chi connectivity index (χ1v) is 13.5. The van der Waals surface area contributed by atoms with Crippen LogP contribution < -0.4 is 0 Å². The van der Waals surface area contributed by atoms with E-state index >= 15 is 0 Å². The predicted molar refractivity (Wildman–Crippen MR) is 118 cm³/mol. The molecule has 6 nitrogen and oxygen atoms in total. The molecule has 0 spiro atoms. The summed E-state index contributed by atoms with van der Waals surface area (Å²) in [7, 11) is -3.67. The van der Waals surface area contributed by atoms with Crippen molar-refractivity contribution in [3.63, 3.8) is 0 Å². The standard InChI is InChI=1S/C23H41O6P/c1-3-5-6-7-8-9-10-11-12-13-14-15-17-27-30(25)28-19-20-18-26-23(24)22(20)21(29-30)16-4-2/h20H,3-19H2,1-2H3. The highest BCUT2D eigenvalue weighted by Crippen LogP contribution is 2.55. The topological polar surface area (TPSA) is 71.1 Å². The number of fused-ring (bicyclic) bond motifs is 1. The Morgan fingerprint density at radius 1 is 0.867 bits per heavy atom. The summed E-state index contributed by atoms with van der Waals surface area (Å²) in [5.74, 6) is -0.188. The fraction of sp³-hybridized carbons (Fsp3) is 0.870. The summed E-state index contributed by atoms with van der Waals surface area (Å²) in [4.78, 5) is 12.0. The molecule has 0 aromatic carbocycles. The fourth-order valence-corrected chi connectivity index (χ4v) is 5.31. The molecule has 2 rings (SSSR count). The molecule has 0 aromatic heterocycles. The molecule has 0 saturated carbocycles. The molecule has 0 N–H and O–H groups in total. The van der Waals surface area contributed by atoms with Gasteiger partial charge < -0.3 is 9.26 Å². The second kappa shape index (κ2) is 14.3. The number of cyclic esters (lactones) is 1. The SMILES string of the molecule is CCCCCCCCCCCCCCOP1(=O)OCC2COC(=O)C2=C(CCC)O1. The summed E-state index contributed by atoms with van der Waals surface area (Å²) in [6.07, 6.45) is 16.4. The van der Waals surface area contributed by atoms with Crippen molar-refractivity contribution in [3.8, 4) is 0 Å². The monoisotopic (exact) mass is 444 g/mol. The number of hydrogen-bond donors (Lipinski definition) is 0. The molecule has 2 unspecified atom stereocenters. The van der Waals surface area contributed by atoms with Crippen molar-refractivity contribution >= 4 is 13.8 Å². The molecule has 2 aliphatic heterocycles. The minimum Gasteiger partial charge on any atom is -0.461 e. The van der Waals surface area contributed by atoms with Crippen molar-refractivity contribution in [3.05, 3.63) is 11.3 Å². The van der Waals surface area contributed by atoms with Crippen LogP contribution in [0.25, 0.3) is 0 Å². The maximum absolute atomic E-state index is 12.9. The first kappa shape index (κ1) is 25.4. The van der Waals surface area contributed by atoms with Gasteiger partial charge in [0.25, 0.3) is 0 Å². The molecule has 0 bridgehead atoms. The van der Waals surface area contributed by atoms with Gasteiger partial charge in [-0.2, -0.15) is 0 Å². The number of phosphoric acid groups is 1. The molecule has 1 fully saturated rings. The molecule has 0 aromatic rings. The van der Waals surface area contributed by atoms with Crippen LogP contribution in [0.5, 0.6) is 0 Å². The number of phosphoric ester groups is 1. The highest BCUT2D eigenvalue weighted by Gasteiger charge is 2.43. The molecular weight excluding hydrogens is 403 g/mol. The lowest BCUT2D eigenvalue weighted by Gasteiger charge is -2.18. The van der Waals surface area contributed by atoms with Gasteiger partial charge in [-0.15, -0.1) is 0 Å². The van der Waals surface area contributed by atoms with Crippen molar-refractivity contribution in [2.75, 3.05) is 19.8 Å². The number of esters is 1. The van der Waals surface area contributed by atoms with Gasteiger partial charge in [0.05, 0.1) is 24.7 Å². The number of hydrogen-bond acceptors (Lipinski definition) is 6. The molecule has 30 heavy (non-hydrogen) atoms. The van der Waals surface area contributed by atoms with Gasteiger partial charge in [-0.3, -0.25) is 9.05 Å². The highest BCUT2D eigenvalue weighted by atomic mass is 31.2. The van der Waals surface area contributed by atoms with Crippen LogP contribution in [0.2, 0.25) is 0 Å². The summed E-state index contributed by atoms with van der Waals surface area (Å²) in [6, 6.07) is 0. The molecule has 2 aliphatic rings. The van der Waals surface area contributed by atoms with Gasteiger partial charge in [-0.25, -0.2) is 9.36 Å². The molecule has 0 amide bonds. The zero-order valence-electron chi connectivity index (χ0n) is 19.0. The van der Waals surface area contributed by atoms with E-state index in [1.54, 1.807) is 0 Å². The minimum absolute atomic E-state index is 0.129. The molecule has 1 saturated heterocycles. The van der Waals surface area contributed by atoms with E-state index in [4.69, 9.17) is 18.3 Å². The lowest BCUT2D eigenvalue weighted by molar-refractivity contribution is -0.135. The molecular formula is C23H41O6P. The maximum atomic E-state index is 12.9. The lowest BCUT2D eigenvalue weighted by Crippen LogP contribution is -2.10. The van der Waals surface area contributed by atoms with Crippen LogP contribution in [0.3, 0.4) is 0 Å². The second-order valence-electron chi connectivity index (χ2n) is 8.44. The number of allylic oxidation sites excluding steroid dienone is 1. The van der Waals surface area contributed by atoms with Crippen molar-refractivity contribution in [1.82, 2.24) is 0 Å². The average Bonchev–Trinajstić information content (AvgIpc) is 3.03. The van der Waals surface area contributed by atoms with E-state index in [-0.39, 0.29) is 25.1 Å². The lowest BCUT2D eigenvalue weighted by atomic mass is 10.0. The van der Waals surface area contributed by atoms with E-state index in [0.29, 0.717) is 24.4 Å². The first-order chi connectivity index (χ1) is 14.6. The highest BCUT2D eigenvalue weighted by molar-refractivity contribution is 7.48. The van der Waals surface area contributed by atoms with E-state index in [1.165, 1.54) is 64.2 Å². The van der Waals surface area contributed by atoms with Crippen molar-refractivity contribution in [1.29, 1.82) is 0 Å². The van der Waals surface area contributed by atoms with E-state index in [2.05, 4.69) is 6.92 Å². The Morgan fingerprint density at radius 2 is 1.47 bits per heavy atom. The molecule has 0 aliphatic carbocycles. The summed E-state index contributed by atoms with van der Waals surface area (Å²) in [6.45, 7) is 4.96. The van der Waals surface area contributed by atoms with Crippen molar-refractivity contribution in [2.24, 2.45) is 5.92 Å². The third-order valence-electron chi connectivity index (χ3n) is 5.72. The summed E-state index contributed by atoms with van der Waals surface area (Å²) < 4.78 is 34.7. The number of unbranched alkanes of at least 4 members (excludes halogenated alkanes) is 11. The van der Waals surface area contributed by atoms with Crippen LogP contribution in [-0.4, -0.2) is 25.8 Å². The summed E-state index contributed by atoms with van der Waals surface area (Å²) >= 11 is 0. The second-order valence-corrected chi connectivity index (χ2v) is 10.0. The van der Waals surface area contributed by atoms with Gasteiger partial charge in [-0.1, -0.05) is 84.5 Å². The quantitative estimate of drug-likeness (QED) is 0.144. The summed E-state index contributed by atoms with van der Waals surface area (Å²) in [5, 5.41) is 0. The predicted octanol–water partition coefficient (Wildman–Crippen LogP) is 7.09. The average molecular weight is 445 g/mol. The van der Waals surface area contributed by atoms with Crippen LogP contribution in [-0.2, 0) is 27.7 Å². The van der Waals surface area contributed by atoms with E-state index < -0.39 is 7.82 Å². The normalized spacial score (nSPS) is 23.8. The van der Waals surface area contributed by atoms with Crippen LogP contribution in [0.4, 0.5) is 0 Å². The Balaban J connectivity index is 1.58. The van der Waals surface area contributed by atoms with Crippen LogP contribution >= 0.6 is 7.82 Å². The molecule has 0 radical (unpaired) electrons. The van der Waals surface area contributed by atoms with Gasteiger partial charge in [-0.05, 0) is 12.8 Å². The Morgan fingerprint density at radius 3 is 2.07 bits per heavy atom. The molecule has 2 heterocycles. The Kier molecular flexibility index (Phi) is 12.1. The zero-order valence-corrected chi connectivity index (χ0v) is 19.9. The zero-order chi connectivity index (χ0) is 21.7. The maximum Gasteiger partial charge on any atom is 0.529 e. The van der Waals surface area contributed by atoms with E-state index in [1.807, 2.05) is 6.92 Å². The van der Waals surface area contributed by atoms with Crippen LogP contribution in [0.15, 0.2) is 11.3 Å². The number of ether oxygens (including phenoxy) is 1. The van der Waals surface area contributed by atoms with Crippen LogP contribution in [0, 0.1) is 5.92 Å². The molecule has 174 valence electrons.